The molecule has 2 aliphatic rings. The van der Waals surface area contributed by atoms with Crippen LogP contribution in [0.5, 0.6) is 5.75 Å². The number of nitrogens with zero attached hydrogens (tertiary/aromatic N) is 2. The molecule has 1 aromatic carbocycles. The molecule has 19 heavy (non-hydrogen) atoms. The number of oxime groups is 1. The molecule has 1 aromatic rings. The Morgan fingerprint density at radius 1 is 1.21 bits per heavy atom. The van der Waals surface area contributed by atoms with Crippen LogP contribution in [-0.4, -0.2) is 42.1 Å². The van der Waals surface area contributed by atoms with Gasteiger partial charge in [-0.15, -0.1) is 0 Å². The highest BCUT2D eigenvalue weighted by atomic mass is 16.5. The molecule has 1 aliphatic carbocycles. The maximum absolute atomic E-state index is 8.90. The van der Waals surface area contributed by atoms with Crippen LogP contribution in [0.25, 0.3) is 0 Å². The summed E-state index contributed by atoms with van der Waals surface area (Å²) in [6, 6.07) is 6.05. The van der Waals surface area contributed by atoms with Crippen molar-refractivity contribution in [3.05, 3.63) is 29.3 Å². The molecule has 0 atom stereocenters. The first-order chi connectivity index (χ1) is 9.36. The smallest absolute Gasteiger partial charge is 0.119 e. The molecule has 0 radical (unpaired) electrons. The van der Waals surface area contributed by atoms with Crippen LogP contribution in [0.4, 0.5) is 0 Å². The molecule has 1 aliphatic heterocycles. The van der Waals surface area contributed by atoms with Gasteiger partial charge >= 0.3 is 0 Å². The maximum atomic E-state index is 8.90. The third kappa shape index (κ3) is 2.73. The Bertz CT molecular complexity index is 479. The number of likely N-dealkylation sites (tertiary alicyclic amines) is 1. The van der Waals surface area contributed by atoms with Gasteiger partial charge in [-0.3, -0.25) is 4.90 Å². The molecule has 0 spiro atoms. The first-order valence-electron chi connectivity index (χ1n) is 7.06. The SMILES string of the molecule is O/N=C1/CCc2cc(OCCN3CCCC3)ccc21. The zero-order chi connectivity index (χ0) is 13.1. The molecule has 0 aromatic heterocycles. The van der Waals surface area contributed by atoms with Gasteiger partial charge in [-0.2, -0.15) is 0 Å². The Kier molecular flexibility index (Phi) is 3.69. The van der Waals surface area contributed by atoms with Gasteiger partial charge in [0.1, 0.15) is 12.4 Å². The fraction of sp³-hybridized carbons (Fsp3) is 0.533. The minimum Gasteiger partial charge on any atom is -0.492 e. The molecule has 0 bridgehead atoms. The maximum Gasteiger partial charge on any atom is 0.119 e. The van der Waals surface area contributed by atoms with E-state index in [1.165, 1.54) is 31.5 Å². The highest BCUT2D eigenvalue weighted by Crippen LogP contribution is 2.26. The molecule has 102 valence electrons. The summed E-state index contributed by atoms with van der Waals surface area (Å²) in [6.07, 6.45) is 4.41. The first-order valence-corrected chi connectivity index (χ1v) is 7.06. The van der Waals surface area contributed by atoms with Gasteiger partial charge in [-0.25, -0.2) is 0 Å². The number of hydrogen-bond donors (Lipinski definition) is 1. The Hall–Kier alpha value is -1.55. The van der Waals surface area contributed by atoms with Gasteiger partial charge in [-0.1, -0.05) is 5.16 Å². The van der Waals surface area contributed by atoms with Crippen LogP contribution in [0.15, 0.2) is 23.4 Å². The quantitative estimate of drug-likeness (QED) is 0.667. The van der Waals surface area contributed by atoms with Gasteiger partial charge in [0, 0.05) is 12.1 Å². The average molecular weight is 260 g/mol. The highest BCUT2D eigenvalue weighted by Gasteiger charge is 2.18. The Balaban J connectivity index is 1.57. The summed E-state index contributed by atoms with van der Waals surface area (Å²) in [7, 11) is 0. The van der Waals surface area contributed by atoms with Gasteiger partial charge in [0.15, 0.2) is 0 Å². The largest absolute Gasteiger partial charge is 0.492 e. The van der Waals surface area contributed by atoms with Crippen LogP contribution >= 0.6 is 0 Å². The van der Waals surface area contributed by atoms with Gasteiger partial charge in [0.05, 0.1) is 5.71 Å². The molecule has 4 nitrogen and oxygen atoms in total. The topological polar surface area (TPSA) is 45.1 Å². The fourth-order valence-electron chi connectivity index (χ4n) is 2.94. The third-order valence-corrected chi connectivity index (χ3v) is 4.01. The summed E-state index contributed by atoms with van der Waals surface area (Å²) in [4.78, 5) is 2.45. The van der Waals surface area contributed by atoms with Gasteiger partial charge in [0.25, 0.3) is 0 Å². The lowest BCUT2D eigenvalue weighted by atomic mass is 10.1. The van der Waals surface area contributed by atoms with E-state index in [9.17, 15) is 0 Å². The molecule has 3 rings (SSSR count). The lowest BCUT2D eigenvalue weighted by Crippen LogP contribution is -2.25. The summed E-state index contributed by atoms with van der Waals surface area (Å²) in [5, 5.41) is 12.2. The van der Waals surface area contributed by atoms with Crippen LogP contribution in [-0.2, 0) is 6.42 Å². The molecule has 0 unspecified atom stereocenters. The molecule has 0 amide bonds. The van der Waals surface area contributed by atoms with E-state index in [2.05, 4.69) is 16.1 Å². The molecular formula is C15H20N2O2. The Morgan fingerprint density at radius 2 is 2.05 bits per heavy atom. The van der Waals surface area contributed by atoms with Gasteiger partial charge < -0.3 is 9.94 Å². The standard InChI is InChI=1S/C15H20N2O2/c18-16-15-6-3-12-11-13(4-5-14(12)15)19-10-9-17-7-1-2-8-17/h4-5,11,18H,1-3,6-10H2/b16-15-. The molecule has 1 saturated heterocycles. The normalized spacial score (nSPS) is 20.9. The van der Waals surface area contributed by atoms with Crippen molar-refractivity contribution in [3.8, 4) is 5.75 Å². The van der Waals surface area contributed by atoms with Crippen LogP contribution in [0.3, 0.4) is 0 Å². The second kappa shape index (κ2) is 5.61. The van der Waals surface area contributed by atoms with E-state index in [4.69, 9.17) is 9.94 Å². The Labute approximate surface area is 113 Å². The van der Waals surface area contributed by atoms with E-state index in [0.717, 1.165) is 43.0 Å². The van der Waals surface area contributed by atoms with E-state index in [-0.39, 0.29) is 0 Å². The number of ether oxygens (including phenoxy) is 1. The van der Waals surface area contributed by atoms with Crippen molar-refractivity contribution in [2.24, 2.45) is 5.16 Å². The van der Waals surface area contributed by atoms with E-state index < -0.39 is 0 Å². The van der Waals surface area contributed by atoms with Crippen LogP contribution in [0.2, 0.25) is 0 Å². The van der Waals surface area contributed by atoms with Crippen molar-refractivity contribution >= 4 is 5.71 Å². The molecular weight excluding hydrogens is 240 g/mol. The van der Waals surface area contributed by atoms with Crippen molar-refractivity contribution in [1.29, 1.82) is 0 Å². The lowest BCUT2D eigenvalue weighted by molar-refractivity contribution is 0.237. The number of rotatable bonds is 4. The van der Waals surface area contributed by atoms with E-state index in [0.29, 0.717) is 0 Å². The number of hydrogen-bond acceptors (Lipinski definition) is 4. The van der Waals surface area contributed by atoms with Crippen molar-refractivity contribution in [1.82, 2.24) is 4.90 Å². The first kappa shape index (κ1) is 12.5. The summed E-state index contributed by atoms with van der Waals surface area (Å²) in [5.41, 5.74) is 3.08. The molecule has 1 N–H and O–H groups in total. The highest BCUT2D eigenvalue weighted by molar-refractivity contribution is 6.04. The number of fused-ring (bicyclic) bond motifs is 1. The van der Waals surface area contributed by atoms with E-state index in [1.807, 2.05) is 12.1 Å². The number of aryl methyl sites for hydroxylation is 1. The number of benzene rings is 1. The van der Waals surface area contributed by atoms with Crippen molar-refractivity contribution in [2.75, 3.05) is 26.2 Å². The zero-order valence-corrected chi connectivity index (χ0v) is 11.1. The molecule has 1 heterocycles. The molecule has 0 saturated carbocycles. The van der Waals surface area contributed by atoms with Gasteiger partial charge in [0.2, 0.25) is 0 Å². The molecule has 4 heteroatoms. The second-order valence-electron chi connectivity index (χ2n) is 5.26. The minimum atomic E-state index is 0.750. The molecule has 1 fully saturated rings. The zero-order valence-electron chi connectivity index (χ0n) is 11.1. The Morgan fingerprint density at radius 3 is 2.84 bits per heavy atom. The minimum absolute atomic E-state index is 0.750. The summed E-state index contributed by atoms with van der Waals surface area (Å²) >= 11 is 0. The monoisotopic (exact) mass is 260 g/mol. The average Bonchev–Trinajstić information content (AvgIpc) is 3.07. The van der Waals surface area contributed by atoms with Crippen molar-refractivity contribution in [2.45, 2.75) is 25.7 Å². The predicted octanol–water partition coefficient (Wildman–Crippen LogP) is 2.29. The summed E-state index contributed by atoms with van der Waals surface area (Å²) < 4.78 is 5.82. The van der Waals surface area contributed by atoms with Crippen molar-refractivity contribution < 1.29 is 9.94 Å². The summed E-state index contributed by atoms with van der Waals surface area (Å²) in [6.45, 7) is 4.19. The second-order valence-corrected chi connectivity index (χ2v) is 5.26. The fourth-order valence-corrected chi connectivity index (χ4v) is 2.94. The van der Waals surface area contributed by atoms with E-state index in [1.54, 1.807) is 0 Å². The van der Waals surface area contributed by atoms with Crippen LogP contribution in [0.1, 0.15) is 30.4 Å². The lowest BCUT2D eigenvalue weighted by Gasteiger charge is -2.15. The van der Waals surface area contributed by atoms with Gasteiger partial charge in [-0.05, 0) is 62.5 Å². The van der Waals surface area contributed by atoms with E-state index >= 15 is 0 Å². The predicted molar refractivity (Wildman–Crippen MR) is 74.3 cm³/mol. The van der Waals surface area contributed by atoms with Crippen LogP contribution in [0, 0.1) is 0 Å². The summed E-state index contributed by atoms with van der Waals surface area (Å²) in [5.74, 6) is 0.928. The third-order valence-electron chi connectivity index (χ3n) is 4.01. The van der Waals surface area contributed by atoms with Crippen molar-refractivity contribution in [3.63, 3.8) is 0 Å². The van der Waals surface area contributed by atoms with Crippen LogP contribution < -0.4 is 4.74 Å².